The zero-order valence-corrected chi connectivity index (χ0v) is 10.3. The summed E-state index contributed by atoms with van der Waals surface area (Å²) >= 11 is 0. The van der Waals surface area contributed by atoms with Gasteiger partial charge in [0, 0.05) is 13.2 Å². The first-order chi connectivity index (χ1) is 6.74. The predicted molar refractivity (Wildman–Crippen MR) is 62.6 cm³/mol. The van der Waals surface area contributed by atoms with Crippen LogP contribution in [0.1, 0.15) is 47.0 Å². The zero-order valence-electron chi connectivity index (χ0n) is 10.3. The van der Waals surface area contributed by atoms with Crippen LogP contribution in [-0.2, 0) is 4.74 Å². The Balaban J connectivity index is 3.50. The van der Waals surface area contributed by atoms with Crippen molar-refractivity contribution in [3.05, 3.63) is 0 Å². The Bertz CT molecular complexity index is 117. The summed E-state index contributed by atoms with van der Waals surface area (Å²) in [6.45, 7) is 11.8. The van der Waals surface area contributed by atoms with E-state index in [2.05, 4.69) is 33.0 Å². The Labute approximate surface area is 89.4 Å². The SMILES string of the molecule is CCCC(C)COC(CC)CNCC. The lowest BCUT2D eigenvalue weighted by Gasteiger charge is -2.19. The van der Waals surface area contributed by atoms with Gasteiger partial charge in [0.1, 0.15) is 0 Å². The van der Waals surface area contributed by atoms with Gasteiger partial charge in [0.05, 0.1) is 6.10 Å². The molecule has 0 amide bonds. The summed E-state index contributed by atoms with van der Waals surface area (Å²) in [5.74, 6) is 0.704. The third-order valence-corrected chi connectivity index (χ3v) is 2.48. The van der Waals surface area contributed by atoms with Crippen molar-refractivity contribution < 1.29 is 4.74 Å². The third-order valence-electron chi connectivity index (χ3n) is 2.48. The molecule has 1 N–H and O–H groups in total. The number of likely N-dealkylation sites (N-methyl/N-ethyl adjacent to an activating group) is 1. The molecule has 2 unspecified atom stereocenters. The van der Waals surface area contributed by atoms with Gasteiger partial charge in [-0.25, -0.2) is 0 Å². The van der Waals surface area contributed by atoms with Crippen molar-refractivity contribution in [2.45, 2.75) is 53.1 Å². The smallest absolute Gasteiger partial charge is 0.0696 e. The second kappa shape index (κ2) is 9.47. The summed E-state index contributed by atoms with van der Waals surface area (Å²) in [5, 5.41) is 3.33. The molecule has 2 nitrogen and oxygen atoms in total. The molecule has 0 aliphatic carbocycles. The fraction of sp³-hybridized carbons (Fsp3) is 1.00. The van der Waals surface area contributed by atoms with E-state index in [1.807, 2.05) is 0 Å². The summed E-state index contributed by atoms with van der Waals surface area (Å²) in [6.07, 6.45) is 4.03. The number of ether oxygens (including phenoxy) is 1. The lowest BCUT2D eigenvalue weighted by molar-refractivity contribution is 0.0292. The van der Waals surface area contributed by atoms with E-state index >= 15 is 0 Å². The fourth-order valence-electron chi connectivity index (χ4n) is 1.50. The van der Waals surface area contributed by atoms with Gasteiger partial charge in [0.15, 0.2) is 0 Å². The van der Waals surface area contributed by atoms with Gasteiger partial charge >= 0.3 is 0 Å². The van der Waals surface area contributed by atoms with Crippen molar-refractivity contribution in [3.8, 4) is 0 Å². The van der Waals surface area contributed by atoms with Gasteiger partial charge in [-0.1, -0.05) is 34.1 Å². The minimum absolute atomic E-state index is 0.397. The van der Waals surface area contributed by atoms with Gasteiger partial charge < -0.3 is 10.1 Å². The van der Waals surface area contributed by atoms with Crippen LogP contribution in [0.5, 0.6) is 0 Å². The Morgan fingerprint density at radius 3 is 2.43 bits per heavy atom. The number of hydrogen-bond donors (Lipinski definition) is 1. The van der Waals surface area contributed by atoms with E-state index in [4.69, 9.17) is 4.74 Å². The first kappa shape index (κ1) is 13.9. The van der Waals surface area contributed by atoms with E-state index in [0.717, 1.165) is 26.1 Å². The maximum Gasteiger partial charge on any atom is 0.0696 e. The normalized spacial score (nSPS) is 15.4. The van der Waals surface area contributed by atoms with Crippen molar-refractivity contribution in [2.75, 3.05) is 19.7 Å². The van der Waals surface area contributed by atoms with Crippen LogP contribution in [0, 0.1) is 5.92 Å². The minimum atomic E-state index is 0.397. The monoisotopic (exact) mass is 201 g/mol. The maximum atomic E-state index is 5.85. The Hall–Kier alpha value is -0.0800. The van der Waals surface area contributed by atoms with Crippen molar-refractivity contribution >= 4 is 0 Å². The van der Waals surface area contributed by atoms with Gasteiger partial charge in [-0.3, -0.25) is 0 Å². The molecule has 0 aliphatic rings. The van der Waals surface area contributed by atoms with Crippen LogP contribution in [-0.4, -0.2) is 25.8 Å². The summed E-state index contributed by atoms with van der Waals surface area (Å²) in [6, 6.07) is 0. The highest BCUT2D eigenvalue weighted by molar-refractivity contribution is 4.60. The molecule has 0 fully saturated rings. The highest BCUT2D eigenvalue weighted by Gasteiger charge is 2.08. The lowest BCUT2D eigenvalue weighted by atomic mass is 10.1. The molecule has 2 atom stereocenters. The van der Waals surface area contributed by atoms with E-state index < -0.39 is 0 Å². The summed E-state index contributed by atoms with van der Waals surface area (Å²) in [4.78, 5) is 0. The largest absolute Gasteiger partial charge is 0.377 e. The predicted octanol–water partition coefficient (Wildman–Crippen LogP) is 2.83. The number of hydrogen-bond acceptors (Lipinski definition) is 2. The topological polar surface area (TPSA) is 21.3 Å². The van der Waals surface area contributed by atoms with E-state index in [1.165, 1.54) is 12.8 Å². The van der Waals surface area contributed by atoms with Gasteiger partial charge in [-0.05, 0) is 25.3 Å². The third kappa shape index (κ3) is 7.34. The molecule has 0 rings (SSSR count). The molecule has 86 valence electrons. The van der Waals surface area contributed by atoms with E-state index in [0.29, 0.717) is 12.0 Å². The van der Waals surface area contributed by atoms with Crippen LogP contribution < -0.4 is 5.32 Å². The van der Waals surface area contributed by atoms with Crippen molar-refractivity contribution in [1.82, 2.24) is 5.32 Å². The molecule has 0 heterocycles. The second-order valence-electron chi connectivity index (χ2n) is 4.07. The lowest BCUT2D eigenvalue weighted by Crippen LogP contribution is -2.29. The minimum Gasteiger partial charge on any atom is -0.377 e. The molecule has 14 heavy (non-hydrogen) atoms. The molecular formula is C12H27NO. The molecule has 0 radical (unpaired) electrons. The van der Waals surface area contributed by atoms with Crippen LogP contribution in [0.15, 0.2) is 0 Å². The molecule has 0 spiro atoms. The van der Waals surface area contributed by atoms with Crippen LogP contribution in [0.25, 0.3) is 0 Å². The Kier molecular flexibility index (Phi) is 9.42. The molecule has 0 aromatic carbocycles. The standard InChI is InChI=1S/C12H27NO/c1-5-8-11(4)10-14-12(6-2)9-13-7-3/h11-13H,5-10H2,1-4H3. The number of nitrogens with one attached hydrogen (secondary N) is 1. The quantitative estimate of drug-likeness (QED) is 0.619. The average molecular weight is 201 g/mol. The average Bonchev–Trinajstić information content (AvgIpc) is 2.19. The van der Waals surface area contributed by atoms with Gasteiger partial charge in [0.25, 0.3) is 0 Å². The van der Waals surface area contributed by atoms with E-state index in [-0.39, 0.29) is 0 Å². The summed E-state index contributed by atoms with van der Waals surface area (Å²) in [5.41, 5.74) is 0. The molecule has 2 heteroatoms. The highest BCUT2D eigenvalue weighted by Crippen LogP contribution is 2.07. The first-order valence-corrected chi connectivity index (χ1v) is 6.06. The molecule has 0 aromatic rings. The van der Waals surface area contributed by atoms with Crippen LogP contribution in [0.2, 0.25) is 0 Å². The molecule has 0 aromatic heterocycles. The zero-order chi connectivity index (χ0) is 10.8. The van der Waals surface area contributed by atoms with Crippen LogP contribution in [0.4, 0.5) is 0 Å². The van der Waals surface area contributed by atoms with Gasteiger partial charge in [-0.2, -0.15) is 0 Å². The van der Waals surface area contributed by atoms with Gasteiger partial charge in [-0.15, -0.1) is 0 Å². The summed E-state index contributed by atoms with van der Waals surface area (Å²) < 4.78 is 5.85. The fourth-order valence-corrected chi connectivity index (χ4v) is 1.50. The molecule has 0 saturated heterocycles. The first-order valence-electron chi connectivity index (χ1n) is 6.06. The molecule has 0 saturated carbocycles. The van der Waals surface area contributed by atoms with Crippen molar-refractivity contribution in [2.24, 2.45) is 5.92 Å². The number of rotatable bonds is 9. The van der Waals surface area contributed by atoms with E-state index in [9.17, 15) is 0 Å². The van der Waals surface area contributed by atoms with Crippen LogP contribution >= 0.6 is 0 Å². The van der Waals surface area contributed by atoms with E-state index in [1.54, 1.807) is 0 Å². The molecule has 0 aliphatic heterocycles. The van der Waals surface area contributed by atoms with Crippen molar-refractivity contribution in [3.63, 3.8) is 0 Å². The second-order valence-corrected chi connectivity index (χ2v) is 4.07. The Morgan fingerprint density at radius 1 is 1.21 bits per heavy atom. The molecular weight excluding hydrogens is 174 g/mol. The molecule has 0 bridgehead atoms. The summed E-state index contributed by atoms with van der Waals surface area (Å²) in [7, 11) is 0. The van der Waals surface area contributed by atoms with Crippen molar-refractivity contribution in [1.29, 1.82) is 0 Å². The highest BCUT2D eigenvalue weighted by atomic mass is 16.5. The van der Waals surface area contributed by atoms with Crippen LogP contribution in [0.3, 0.4) is 0 Å². The Morgan fingerprint density at radius 2 is 1.93 bits per heavy atom. The van der Waals surface area contributed by atoms with Gasteiger partial charge in [0.2, 0.25) is 0 Å². The maximum absolute atomic E-state index is 5.85.